The first-order chi connectivity index (χ1) is 14.5. The number of aryl methyl sites for hydroxylation is 1. The van der Waals surface area contributed by atoms with Crippen LogP contribution in [0.4, 0.5) is 0 Å². The minimum atomic E-state index is -0.562. The van der Waals surface area contributed by atoms with Crippen LogP contribution < -0.4 is 14.2 Å². The largest absolute Gasteiger partial charge is 0.496 e. The van der Waals surface area contributed by atoms with Crippen LogP contribution in [0.1, 0.15) is 31.8 Å². The predicted octanol–water partition coefficient (Wildman–Crippen LogP) is 5.49. The highest BCUT2D eigenvalue weighted by Gasteiger charge is 2.30. The average Bonchev–Trinajstić information content (AvgIpc) is 3.05. The van der Waals surface area contributed by atoms with Crippen LogP contribution in [0.15, 0.2) is 66.4 Å². The van der Waals surface area contributed by atoms with E-state index in [9.17, 15) is 9.59 Å². The summed E-state index contributed by atoms with van der Waals surface area (Å²) >= 11 is 5.90. The molecule has 30 heavy (non-hydrogen) atoms. The number of esters is 1. The molecule has 0 N–H and O–H groups in total. The highest BCUT2D eigenvalue weighted by Crippen LogP contribution is 2.38. The van der Waals surface area contributed by atoms with Crippen molar-refractivity contribution in [3.8, 4) is 17.2 Å². The van der Waals surface area contributed by atoms with E-state index in [2.05, 4.69) is 0 Å². The van der Waals surface area contributed by atoms with Crippen LogP contribution >= 0.6 is 11.6 Å². The van der Waals surface area contributed by atoms with Gasteiger partial charge >= 0.3 is 5.97 Å². The molecular formula is C24H17ClO5. The zero-order chi connectivity index (χ0) is 21.3. The number of methoxy groups -OCH3 is 1. The maximum atomic E-state index is 12.8. The van der Waals surface area contributed by atoms with Crippen LogP contribution in [0.25, 0.3) is 6.08 Å². The van der Waals surface area contributed by atoms with Crippen molar-refractivity contribution in [2.24, 2.45) is 0 Å². The number of Topliss-reactive ketones (excluding diaryl/α,β-unsaturated/α-hetero) is 1. The summed E-state index contributed by atoms with van der Waals surface area (Å²) in [6.07, 6.45) is 1.65. The summed E-state index contributed by atoms with van der Waals surface area (Å²) in [5, 5.41) is 0.608. The molecule has 0 spiro atoms. The van der Waals surface area contributed by atoms with Crippen molar-refractivity contribution in [3.05, 3.63) is 93.7 Å². The number of carbonyl (C=O) groups excluding carboxylic acids is 2. The van der Waals surface area contributed by atoms with Crippen molar-refractivity contribution in [3.63, 3.8) is 0 Å². The molecule has 1 aliphatic rings. The topological polar surface area (TPSA) is 61.8 Å². The van der Waals surface area contributed by atoms with Gasteiger partial charge in [0.2, 0.25) is 5.78 Å². The summed E-state index contributed by atoms with van der Waals surface area (Å²) < 4.78 is 16.5. The summed E-state index contributed by atoms with van der Waals surface area (Å²) in [5.74, 6) is 0.461. The molecule has 1 aliphatic heterocycles. The molecular weight excluding hydrogens is 404 g/mol. The second kappa shape index (κ2) is 8.05. The lowest BCUT2D eigenvalue weighted by molar-refractivity contribution is 0.0731. The Kier molecular flexibility index (Phi) is 5.29. The number of para-hydroxylation sites is 1. The van der Waals surface area contributed by atoms with E-state index < -0.39 is 5.97 Å². The third-order valence-electron chi connectivity index (χ3n) is 4.65. The van der Waals surface area contributed by atoms with E-state index in [0.29, 0.717) is 33.2 Å². The first kappa shape index (κ1) is 19.7. The van der Waals surface area contributed by atoms with Crippen LogP contribution in [-0.4, -0.2) is 18.9 Å². The van der Waals surface area contributed by atoms with Gasteiger partial charge < -0.3 is 14.2 Å². The van der Waals surface area contributed by atoms with Gasteiger partial charge in [-0.2, -0.15) is 0 Å². The molecule has 0 unspecified atom stereocenters. The van der Waals surface area contributed by atoms with Gasteiger partial charge in [-0.15, -0.1) is 0 Å². The van der Waals surface area contributed by atoms with Crippen LogP contribution in [0.5, 0.6) is 17.2 Å². The van der Waals surface area contributed by atoms with Gasteiger partial charge in [0.1, 0.15) is 22.8 Å². The first-order valence-electron chi connectivity index (χ1n) is 9.16. The number of carbonyl (C=O) groups is 2. The second-order valence-electron chi connectivity index (χ2n) is 6.69. The standard InChI is InChI=1S/C24H17ClO5/c1-14-11-17(29-24(27)18-5-3-4-6-19(18)28-2)13-20-22(14)23(26)21(30-20)12-15-7-9-16(25)10-8-15/h3-13H,1-2H3/b21-12-. The van der Waals surface area contributed by atoms with Gasteiger partial charge in [-0.05, 0) is 54.5 Å². The number of ketones is 1. The number of rotatable bonds is 4. The van der Waals surface area contributed by atoms with Crippen LogP contribution in [0.2, 0.25) is 5.02 Å². The van der Waals surface area contributed by atoms with Gasteiger partial charge in [0.15, 0.2) is 5.76 Å². The zero-order valence-corrected chi connectivity index (χ0v) is 17.0. The smallest absolute Gasteiger partial charge is 0.347 e. The Labute approximate surface area is 178 Å². The van der Waals surface area contributed by atoms with E-state index in [1.807, 2.05) is 0 Å². The van der Waals surface area contributed by atoms with Gasteiger partial charge in [0, 0.05) is 11.1 Å². The Hall–Kier alpha value is -3.57. The Bertz CT molecular complexity index is 1180. The molecule has 5 nitrogen and oxygen atoms in total. The van der Waals surface area contributed by atoms with E-state index >= 15 is 0 Å². The molecule has 6 heteroatoms. The van der Waals surface area contributed by atoms with Gasteiger partial charge in [0.25, 0.3) is 0 Å². The first-order valence-corrected chi connectivity index (χ1v) is 9.53. The second-order valence-corrected chi connectivity index (χ2v) is 7.13. The van der Waals surface area contributed by atoms with Crippen molar-refractivity contribution in [2.75, 3.05) is 7.11 Å². The number of allylic oxidation sites excluding steroid dienone is 1. The molecule has 0 amide bonds. The lowest BCUT2D eigenvalue weighted by Gasteiger charge is -2.10. The van der Waals surface area contributed by atoms with E-state index in [-0.39, 0.29) is 17.3 Å². The Morgan fingerprint density at radius 3 is 2.53 bits per heavy atom. The van der Waals surface area contributed by atoms with Crippen molar-refractivity contribution in [1.82, 2.24) is 0 Å². The molecule has 4 rings (SSSR count). The highest BCUT2D eigenvalue weighted by molar-refractivity contribution is 6.30. The quantitative estimate of drug-likeness (QED) is 0.317. The fraction of sp³-hybridized carbons (Fsp3) is 0.0833. The van der Waals surface area contributed by atoms with Gasteiger partial charge in [-0.1, -0.05) is 35.9 Å². The van der Waals surface area contributed by atoms with Crippen LogP contribution in [0.3, 0.4) is 0 Å². The third kappa shape index (κ3) is 3.80. The zero-order valence-electron chi connectivity index (χ0n) is 16.3. The number of ether oxygens (including phenoxy) is 3. The molecule has 3 aromatic carbocycles. The number of halogens is 1. The molecule has 1 heterocycles. The summed E-state index contributed by atoms with van der Waals surface area (Å²) in [5.41, 5.74) is 2.20. The predicted molar refractivity (Wildman–Crippen MR) is 114 cm³/mol. The number of hydrogen-bond acceptors (Lipinski definition) is 5. The van der Waals surface area contributed by atoms with Crippen molar-refractivity contribution in [1.29, 1.82) is 0 Å². The minimum Gasteiger partial charge on any atom is -0.496 e. The molecule has 0 atom stereocenters. The van der Waals surface area contributed by atoms with E-state index in [1.54, 1.807) is 67.6 Å². The van der Waals surface area contributed by atoms with Gasteiger partial charge in [-0.25, -0.2) is 4.79 Å². The Morgan fingerprint density at radius 2 is 1.80 bits per heavy atom. The Morgan fingerprint density at radius 1 is 1.07 bits per heavy atom. The molecule has 3 aromatic rings. The normalized spacial score (nSPS) is 13.7. The van der Waals surface area contributed by atoms with Crippen molar-refractivity contribution in [2.45, 2.75) is 6.92 Å². The number of benzene rings is 3. The number of fused-ring (bicyclic) bond motifs is 1. The fourth-order valence-corrected chi connectivity index (χ4v) is 3.35. The molecule has 0 aliphatic carbocycles. The lowest BCUT2D eigenvalue weighted by atomic mass is 10.0. The molecule has 0 saturated heterocycles. The van der Waals surface area contributed by atoms with E-state index in [1.165, 1.54) is 13.2 Å². The lowest BCUT2D eigenvalue weighted by Crippen LogP contribution is -2.10. The van der Waals surface area contributed by atoms with Gasteiger partial charge in [-0.3, -0.25) is 4.79 Å². The van der Waals surface area contributed by atoms with Crippen molar-refractivity contribution < 1.29 is 23.8 Å². The molecule has 0 bridgehead atoms. The highest BCUT2D eigenvalue weighted by atomic mass is 35.5. The van der Waals surface area contributed by atoms with Gasteiger partial charge in [0.05, 0.1) is 12.7 Å². The number of hydrogen-bond donors (Lipinski definition) is 0. The van der Waals surface area contributed by atoms with E-state index in [0.717, 1.165) is 5.56 Å². The molecule has 150 valence electrons. The molecule has 0 aromatic heterocycles. The summed E-state index contributed by atoms with van der Waals surface area (Å²) in [4.78, 5) is 25.4. The Balaban J connectivity index is 1.61. The third-order valence-corrected chi connectivity index (χ3v) is 4.90. The molecule has 0 fully saturated rings. The fourth-order valence-electron chi connectivity index (χ4n) is 3.22. The van der Waals surface area contributed by atoms with Crippen LogP contribution in [0, 0.1) is 6.92 Å². The molecule has 0 saturated carbocycles. The summed E-state index contributed by atoms with van der Waals surface area (Å²) in [6.45, 7) is 1.77. The molecule has 0 radical (unpaired) electrons. The maximum Gasteiger partial charge on any atom is 0.347 e. The summed E-state index contributed by atoms with van der Waals surface area (Å²) in [7, 11) is 1.49. The maximum absolute atomic E-state index is 12.8. The minimum absolute atomic E-state index is 0.198. The van der Waals surface area contributed by atoms with Crippen molar-refractivity contribution >= 4 is 29.4 Å². The average molecular weight is 421 g/mol. The monoisotopic (exact) mass is 420 g/mol. The van der Waals surface area contributed by atoms with E-state index in [4.69, 9.17) is 25.8 Å². The SMILES string of the molecule is COc1ccccc1C(=O)Oc1cc(C)c2c(c1)O/C(=C\c1ccc(Cl)cc1)C2=O. The summed E-state index contributed by atoms with van der Waals surface area (Å²) in [6, 6.07) is 17.0. The van der Waals surface area contributed by atoms with Crippen LogP contribution in [-0.2, 0) is 0 Å².